The Bertz CT molecular complexity index is 696. The van der Waals surface area contributed by atoms with Crippen molar-refractivity contribution in [1.29, 1.82) is 0 Å². The van der Waals surface area contributed by atoms with Crippen LogP contribution in [0.1, 0.15) is 42.5 Å². The molecule has 1 aliphatic carbocycles. The number of benzene rings is 2. The van der Waals surface area contributed by atoms with E-state index < -0.39 is 0 Å². The van der Waals surface area contributed by atoms with Gasteiger partial charge in [-0.15, -0.1) is 0 Å². The first-order chi connectivity index (χ1) is 11.1. The van der Waals surface area contributed by atoms with Crippen LogP contribution in [0.25, 0.3) is 0 Å². The molecule has 1 aliphatic rings. The number of carbonyl (C=O) groups excluding carboxylic acids is 1. The van der Waals surface area contributed by atoms with Crippen LogP contribution in [0.4, 0.5) is 5.69 Å². The Morgan fingerprint density at radius 1 is 1.17 bits per heavy atom. The zero-order valence-corrected chi connectivity index (χ0v) is 13.8. The number of amides is 1. The number of nitrogens with one attached hydrogen (secondary N) is 2. The molecule has 0 aromatic heterocycles. The number of carbonyl (C=O) groups is 1. The standard InChI is InChI=1S/C20H24N2O/c1-14-7-5-10-17(13-14)22-20(23)15(2)21-19-12-6-9-16-8-3-4-11-18(16)19/h3-5,7-8,10-11,13,15,19,21H,6,9,12H2,1-2H3,(H,22,23)/t15-,19-/m0/s1. The molecule has 3 heteroatoms. The summed E-state index contributed by atoms with van der Waals surface area (Å²) in [5.41, 5.74) is 4.74. The second kappa shape index (κ2) is 6.97. The van der Waals surface area contributed by atoms with Crippen LogP contribution >= 0.6 is 0 Å². The summed E-state index contributed by atoms with van der Waals surface area (Å²) >= 11 is 0. The van der Waals surface area contributed by atoms with Crippen molar-refractivity contribution in [3.63, 3.8) is 0 Å². The molecule has 2 aromatic rings. The summed E-state index contributed by atoms with van der Waals surface area (Å²) in [4.78, 5) is 12.4. The lowest BCUT2D eigenvalue weighted by molar-refractivity contribution is -0.118. The van der Waals surface area contributed by atoms with Crippen molar-refractivity contribution >= 4 is 11.6 Å². The summed E-state index contributed by atoms with van der Waals surface area (Å²) in [6.45, 7) is 3.96. The number of fused-ring (bicyclic) bond motifs is 1. The van der Waals surface area contributed by atoms with E-state index in [0.717, 1.165) is 24.1 Å². The zero-order chi connectivity index (χ0) is 16.2. The summed E-state index contributed by atoms with van der Waals surface area (Å²) in [7, 11) is 0. The lowest BCUT2D eigenvalue weighted by atomic mass is 9.87. The largest absolute Gasteiger partial charge is 0.325 e. The quantitative estimate of drug-likeness (QED) is 0.896. The highest BCUT2D eigenvalue weighted by Gasteiger charge is 2.23. The van der Waals surface area contributed by atoms with E-state index in [2.05, 4.69) is 34.9 Å². The van der Waals surface area contributed by atoms with Gasteiger partial charge in [0.1, 0.15) is 0 Å². The van der Waals surface area contributed by atoms with Gasteiger partial charge < -0.3 is 5.32 Å². The fourth-order valence-electron chi connectivity index (χ4n) is 3.28. The van der Waals surface area contributed by atoms with Gasteiger partial charge in [-0.1, -0.05) is 36.4 Å². The van der Waals surface area contributed by atoms with Gasteiger partial charge in [-0.3, -0.25) is 10.1 Å². The topological polar surface area (TPSA) is 41.1 Å². The van der Waals surface area contributed by atoms with E-state index >= 15 is 0 Å². The maximum Gasteiger partial charge on any atom is 0.241 e. The minimum absolute atomic E-state index is 0.0126. The molecule has 2 N–H and O–H groups in total. The van der Waals surface area contributed by atoms with Crippen LogP contribution in [-0.4, -0.2) is 11.9 Å². The lowest BCUT2D eigenvalue weighted by Crippen LogP contribution is -2.41. The van der Waals surface area contributed by atoms with Crippen molar-refractivity contribution in [3.8, 4) is 0 Å². The molecule has 120 valence electrons. The first-order valence-corrected chi connectivity index (χ1v) is 8.35. The summed E-state index contributed by atoms with van der Waals surface area (Å²) in [5.74, 6) is 0.0126. The monoisotopic (exact) mass is 308 g/mol. The van der Waals surface area contributed by atoms with Crippen molar-refractivity contribution < 1.29 is 4.79 Å². The van der Waals surface area contributed by atoms with Crippen molar-refractivity contribution in [3.05, 3.63) is 65.2 Å². The zero-order valence-electron chi connectivity index (χ0n) is 13.8. The average molecular weight is 308 g/mol. The van der Waals surface area contributed by atoms with Gasteiger partial charge in [0.2, 0.25) is 5.91 Å². The molecule has 0 unspecified atom stereocenters. The molecular formula is C20H24N2O. The minimum atomic E-state index is -0.230. The van der Waals surface area contributed by atoms with Crippen molar-refractivity contribution in [2.24, 2.45) is 0 Å². The number of aryl methyl sites for hydroxylation is 2. The Balaban J connectivity index is 1.65. The van der Waals surface area contributed by atoms with Crippen molar-refractivity contribution in [2.45, 2.75) is 45.2 Å². The first kappa shape index (κ1) is 15.8. The van der Waals surface area contributed by atoms with Gasteiger partial charge in [0.05, 0.1) is 6.04 Å². The van der Waals surface area contributed by atoms with Crippen LogP contribution in [0.5, 0.6) is 0 Å². The molecular weight excluding hydrogens is 284 g/mol. The molecule has 3 rings (SSSR count). The summed E-state index contributed by atoms with van der Waals surface area (Å²) in [6, 6.07) is 16.5. The maximum atomic E-state index is 12.4. The smallest absolute Gasteiger partial charge is 0.241 e. The van der Waals surface area contributed by atoms with E-state index in [0.29, 0.717) is 0 Å². The Morgan fingerprint density at radius 2 is 2.00 bits per heavy atom. The molecule has 0 fully saturated rings. The van der Waals surface area contributed by atoms with Gasteiger partial charge in [-0.2, -0.15) is 0 Å². The SMILES string of the molecule is Cc1cccc(NC(=O)[C@H](C)N[C@H]2CCCc3ccccc32)c1. The van der Waals surface area contributed by atoms with Crippen LogP contribution in [0, 0.1) is 6.92 Å². The van der Waals surface area contributed by atoms with Crippen LogP contribution in [0.3, 0.4) is 0 Å². The van der Waals surface area contributed by atoms with E-state index in [1.54, 1.807) is 0 Å². The van der Waals surface area contributed by atoms with Gasteiger partial charge in [0.15, 0.2) is 0 Å². The number of rotatable bonds is 4. The van der Waals surface area contributed by atoms with E-state index in [9.17, 15) is 4.79 Å². The molecule has 0 heterocycles. The van der Waals surface area contributed by atoms with E-state index in [1.807, 2.05) is 38.1 Å². The van der Waals surface area contributed by atoms with Gasteiger partial charge in [-0.25, -0.2) is 0 Å². The van der Waals surface area contributed by atoms with E-state index in [1.165, 1.54) is 17.5 Å². The molecule has 0 bridgehead atoms. The Labute approximate surface area is 138 Å². The molecule has 1 amide bonds. The third-order valence-corrected chi connectivity index (χ3v) is 4.50. The second-order valence-electron chi connectivity index (χ2n) is 6.39. The number of hydrogen-bond donors (Lipinski definition) is 2. The Morgan fingerprint density at radius 3 is 2.83 bits per heavy atom. The maximum absolute atomic E-state index is 12.4. The van der Waals surface area contributed by atoms with Crippen LogP contribution in [-0.2, 0) is 11.2 Å². The predicted molar refractivity (Wildman–Crippen MR) is 94.5 cm³/mol. The van der Waals surface area contributed by atoms with E-state index in [4.69, 9.17) is 0 Å². The lowest BCUT2D eigenvalue weighted by Gasteiger charge is -2.29. The summed E-state index contributed by atoms with van der Waals surface area (Å²) in [6.07, 6.45) is 3.39. The molecule has 23 heavy (non-hydrogen) atoms. The fraction of sp³-hybridized carbons (Fsp3) is 0.350. The highest BCUT2D eigenvalue weighted by Crippen LogP contribution is 2.29. The third kappa shape index (κ3) is 3.80. The van der Waals surface area contributed by atoms with Gasteiger partial charge in [-0.05, 0) is 61.9 Å². The van der Waals surface area contributed by atoms with Crippen molar-refractivity contribution in [1.82, 2.24) is 5.32 Å². The Kier molecular flexibility index (Phi) is 4.77. The third-order valence-electron chi connectivity index (χ3n) is 4.50. The minimum Gasteiger partial charge on any atom is -0.325 e. The van der Waals surface area contributed by atoms with Gasteiger partial charge >= 0.3 is 0 Å². The molecule has 0 spiro atoms. The van der Waals surface area contributed by atoms with E-state index in [-0.39, 0.29) is 18.0 Å². The fourth-order valence-corrected chi connectivity index (χ4v) is 3.28. The second-order valence-corrected chi connectivity index (χ2v) is 6.39. The summed E-state index contributed by atoms with van der Waals surface area (Å²) < 4.78 is 0. The first-order valence-electron chi connectivity index (χ1n) is 8.35. The molecule has 2 aromatic carbocycles. The predicted octanol–water partition coefficient (Wildman–Crippen LogP) is 3.99. The van der Waals surface area contributed by atoms with Gasteiger partial charge in [0, 0.05) is 11.7 Å². The number of hydrogen-bond acceptors (Lipinski definition) is 2. The molecule has 0 saturated carbocycles. The molecule has 0 aliphatic heterocycles. The highest BCUT2D eigenvalue weighted by molar-refractivity contribution is 5.94. The molecule has 2 atom stereocenters. The highest BCUT2D eigenvalue weighted by atomic mass is 16.2. The van der Waals surface area contributed by atoms with Crippen molar-refractivity contribution in [2.75, 3.05) is 5.32 Å². The molecule has 0 radical (unpaired) electrons. The normalized spacial score (nSPS) is 18.1. The van der Waals surface area contributed by atoms with Crippen LogP contribution < -0.4 is 10.6 Å². The average Bonchev–Trinajstić information content (AvgIpc) is 2.55. The molecule has 3 nitrogen and oxygen atoms in total. The van der Waals surface area contributed by atoms with Crippen LogP contribution in [0.2, 0.25) is 0 Å². The van der Waals surface area contributed by atoms with Crippen LogP contribution in [0.15, 0.2) is 48.5 Å². The summed E-state index contributed by atoms with van der Waals surface area (Å²) in [5, 5.41) is 6.49. The molecule has 0 saturated heterocycles. The number of anilines is 1. The Hall–Kier alpha value is -2.13. The van der Waals surface area contributed by atoms with Gasteiger partial charge in [0.25, 0.3) is 0 Å².